The van der Waals surface area contributed by atoms with Gasteiger partial charge in [-0.2, -0.15) is 5.10 Å². The number of pyridine rings is 1. The van der Waals surface area contributed by atoms with Gasteiger partial charge in [0.05, 0.1) is 5.56 Å². The Morgan fingerprint density at radius 3 is 2.69 bits per heavy atom. The second kappa shape index (κ2) is 3.30. The number of nitrogens with one attached hydrogen (secondary N) is 1. The van der Waals surface area contributed by atoms with Crippen molar-refractivity contribution in [3.8, 4) is 0 Å². The van der Waals surface area contributed by atoms with E-state index in [-0.39, 0.29) is 11.3 Å². The minimum absolute atomic E-state index is 0.0125. The molecule has 3 N–H and O–H groups in total. The van der Waals surface area contributed by atoms with Crippen molar-refractivity contribution >= 4 is 11.5 Å². The Kier molecular flexibility index (Phi) is 2.18. The zero-order chi connectivity index (χ0) is 11.9. The summed E-state index contributed by atoms with van der Waals surface area (Å²) in [4.78, 5) is 4.44. The molecule has 2 aromatic heterocycles. The molecule has 0 radical (unpaired) electrons. The lowest BCUT2D eigenvalue weighted by Crippen LogP contribution is -2.13. The zero-order valence-corrected chi connectivity index (χ0v) is 9.65. The van der Waals surface area contributed by atoms with E-state index < -0.39 is 0 Å². The molecule has 0 aliphatic heterocycles. The molecular weight excluding hydrogens is 202 g/mol. The Hall–Kier alpha value is -1.91. The van der Waals surface area contributed by atoms with Gasteiger partial charge >= 0.3 is 0 Å². The van der Waals surface area contributed by atoms with Gasteiger partial charge < -0.3 is 5.73 Å². The molecule has 0 aliphatic carbocycles. The minimum Gasteiger partial charge on any atom is -0.384 e. The smallest absolute Gasteiger partial charge is 0.166 e. The fraction of sp³-hybridized carbons (Fsp3) is 0.364. The summed E-state index contributed by atoms with van der Waals surface area (Å²) in [7, 11) is 0. The minimum atomic E-state index is -0.111. The summed E-state index contributed by atoms with van der Waals surface area (Å²) >= 11 is 0. The number of hydrogen-bond acceptors (Lipinski definition) is 3. The summed E-state index contributed by atoms with van der Waals surface area (Å²) in [5, 5.41) is 11.9. The predicted octanol–water partition coefficient (Wildman–Crippen LogP) is 1.31. The lowest BCUT2D eigenvalue weighted by molar-refractivity contribution is 0.545. The molecular formula is C11H15N5. The maximum absolute atomic E-state index is 7.48. The number of rotatable bonds is 1. The third-order valence-corrected chi connectivity index (χ3v) is 2.32. The van der Waals surface area contributed by atoms with Crippen LogP contribution >= 0.6 is 0 Å². The van der Waals surface area contributed by atoms with Crippen molar-refractivity contribution in [3.05, 3.63) is 29.7 Å². The molecule has 0 spiro atoms. The van der Waals surface area contributed by atoms with Crippen molar-refractivity contribution in [2.75, 3.05) is 0 Å². The van der Waals surface area contributed by atoms with E-state index in [4.69, 9.17) is 11.1 Å². The lowest BCUT2D eigenvalue weighted by atomic mass is 9.96. The second-order valence-electron chi connectivity index (χ2n) is 4.79. The average Bonchev–Trinajstić information content (AvgIpc) is 2.59. The third kappa shape index (κ3) is 1.64. The molecule has 0 saturated carbocycles. The van der Waals surface area contributed by atoms with Crippen LogP contribution in [0.5, 0.6) is 0 Å². The fourth-order valence-corrected chi connectivity index (χ4v) is 1.43. The molecule has 16 heavy (non-hydrogen) atoms. The molecule has 0 aromatic carbocycles. The van der Waals surface area contributed by atoms with Gasteiger partial charge in [0.25, 0.3) is 0 Å². The van der Waals surface area contributed by atoms with Gasteiger partial charge in [0, 0.05) is 11.6 Å². The van der Waals surface area contributed by atoms with E-state index in [2.05, 4.69) is 30.9 Å². The Morgan fingerprint density at radius 1 is 1.44 bits per heavy atom. The molecule has 0 fully saturated rings. The van der Waals surface area contributed by atoms with Crippen LogP contribution < -0.4 is 5.73 Å². The molecule has 2 aromatic rings. The first-order valence-corrected chi connectivity index (χ1v) is 5.10. The van der Waals surface area contributed by atoms with Crippen LogP contribution in [0.4, 0.5) is 0 Å². The molecule has 0 saturated heterocycles. The van der Waals surface area contributed by atoms with E-state index in [0.29, 0.717) is 11.2 Å². The van der Waals surface area contributed by atoms with Crippen LogP contribution in [0.3, 0.4) is 0 Å². The Labute approximate surface area is 93.8 Å². The van der Waals surface area contributed by atoms with Gasteiger partial charge in [-0.3, -0.25) is 5.41 Å². The number of nitrogen functional groups attached to an aromatic ring is 1. The number of amidine groups is 1. The van der Waals surface area contributed by atoms with E-state index in [9.17, 15) is 0 Å². The molecule has 84 valence electrons. The first-order chi connectivity index (χ1) is 7.39. The van der Waals surface area contributed by atoms with Gasteiger partial charge in [0.2, 0.25) is 0 Å². The van der Waals surface area contributed by atoms with Gasteiger partial charge in [0.1, 0.15) is 5.84 Å². The number of nitrogens with zero attached hydrogens (tertiary/aromatic N) is 3. The summed E-state index contributed by atoms with van der Waals surface area (Å²) in [5.74, 6) is 0.764. The quantitative estimate of drug-likeness (QED) is 0.558. The van der Waals surface area contributed by atoms with E-state index >= 15 is 0 Å². The van der Waals surface area contributed by atoms with Gasteiger partial charge in [-0.1, -0.05) is 20.8 Å². The first-order valence-electron chi connectivity index (χ1n) is 5.10. The van der Waals surface area contributed by atoms with Crippen molar-refractivity contribution < 1.29 is 0 Å². The predicted molar refractivity (Wildman–Crippen MR) is 62.7 cm³/mol. The van der Waals surface area contributed by atoms with Crippen LogP contribution in [-0.4, -0.2) is 20.4 Å². The normalized spacial score (nSPS) is 11.9. The lowest BCUT2D eigenvalue weighted by Gasteiger charge is -2.11. The number of aromatic nitrogens is 3. The van der Waals surface area contributed by atoms with Gasteiger partial charge in [0.15, 0.2) is 11.5 Å². The van der Waals surface area contributed by atoms with Crippen LogP contribution in [0.25, 0.3) is 5.65 Å². The van der Waals surface area contributed by atoms with E-state index in [1.807, 2.05) is 12.3 Å². The van der Waals surface area contributed by atoms with Crippen LogP contribution in [0.1, 0.15) is 32.2 Å². The Balaban J connectivity index is 2.71. The molecule has 2 rings (SSSR count). The highest BCUT2D eigenvalue weighted by Gasteiger charge is 2.20. The van der Waals surface area contributed by atoms with Crippen LogP contribution in [0, 0.1) is 5.41 Å². The number of hydrogen-bond donors (Lipinski definition) is 2. The van der Waals surface area contributed by atoms with Gasteiger partial charge in [-0.25, -0.2) is 9.50 Å². The molecule has 0 amide bonds. The molecule has 5 nitrogen and oxygen atoms in total. The molecule has 0 atom stereocenters. The maximum Gasteiger partial charge on any atom is 0.166 e. The van der Waals surface area contributed by atoms with Crippen molar-refractivity contribution in [2.24, 2.45) is 5.73 Å². The largest absolute Gasteiger partial charge is 0.384 e. The number of nitrogens with two attached hydrogens (primary N) is 1. The fourth-order valence-electron chi connectivity index (χ4n) is 1.43. The highest BCUT2D eigenvalue weighted by atomic mass is 15.3. The highest BCUT2D eigenvalue weighted by Crippen LogP contribution is 2.19. The summed E-state index contributed by atoms with van der Waals surface area (Å²) in [6.07, 6.45) is 1.81. The zero-order valence-electron chi connectivity index (χ0n) is 9.65. The second-order valence-corrected chi connectivity index (χ2v) is 4.79. The van der Waals surface area contributed by atoms with Crippen molar-refractivity contribution in [1.82, 2.24) is 14.6 Å². The topological polar surface area (TPSA) is 80.1 Å². The van der Waals surface area contributed by atoms with Gasteiger partial charge in [-0.15, -0.1) is 0 Å². The number of fused-ring (bicyclic) bond motifs is 1. The maximum atomic E-state index is 7.48. The van der Waals surface area contributed by atoms with Crippen LogP contribution in [-0.2, 0) is 5.41 Å². The monoisotopic (exact) mass is 217 g/mol. The average molecular weight is 217 g/mol. The van der Waals surface area contributed by atoms with Gasteiger partial charge in [-0.05, 0) is 12.1 Å². The molecule has 2 heterocycles. The summed E-state index contributed by atoms with van der Waals surface area (Å²) in [6, 6.07) is 3.59. The summed E-state index contributed by atoms with van der Waals surface area (Å²) < 4.78 is 1.66. The van der Waals surface area contributed by atoms with E-state index in [1.54, 1.807) is 10.6 Å². The summed E-state index contributed by atoms with van der Waals surface area (Å²) in [6.45, 7) is 6.15. The van der Waals surface area contributed by atoms with Crippen molar-refractivity contribution in [1.29, 1.82) is 5.41 Å². The van der Waals surface area contributed by atoms with E-state index in [0.717, 1.165) is 5.82 Å². The van der Waals surface area contributed by atoms with Crippen molar-refractivity contribution in [3.63, 3.8) is 0 Å². The Morgan fingerprint density at radius 2 is 2.12 bits per heavy atom. The summed E-state index contributed by atoms with van der Waals surface area (Å²) in [5.41, 5.74) is 6.64. The molecule has 0 bridgehead atoms. The van der Waals surface area contributed by atoms with Crippen LogP contribution in [0.15, 0.2) is 18.3 Å². The molecule has 5 heteroatoms. The third-order valence-electron chi connectivity index (χ3n) is 2.32. The standard InChI is InChI=1S/C11H15N5/c1-11(2,3)10-14-9-7(8(12)13)5-4-6-16(9)15-10/h4-6H,1-3H3,(H3,12,13). The molecule has 0 aliphatic rings. The SMILES string of the molecule is CC(C)(C)c1nc2c(C(=N)N)cccn2n1. The Bertz CT molecular complexity index is 547. The van der Waals surface area contributed by atoms with Crippen molar-refractivity contribution in [2.45, 2.75) is 26.2 Å². The van der Waals surface area contributed by atoms with E-state index in [1.165, 1.54) is 0 Å². The molecule has 0 unspecified atom stereocenters. The highest BCUT2D eigenvalue weighted by molar-refractivity contribution is 6.00. The first kappa shape index (κ1) is 10.6. The van der Waals surface area contributed by atoms with Crippen LogP contribution in [0.2, 0.25) is 0 Å².